The summed E-state index contributed by atoms with van der Waals surface area (Å²) in [6.07, 6.45) is 10.2. The third-order valence-electron chi connectivity index (χ3n) is 4.47. The van der Waals surface area contributed by atoms with E-state index in [4.69, 9.17) is 0 Å². The van der Waals surface area contributed by atoms with Gasteiger partial charge in [-0.15, -0.1) is 0 Å². The van der Waals surface area contributed by atoms with Gasteiger partial charge >= 0.3 is 0 Å². The van der Waals surface area contributed by atoms with Crippen LogP contribution >= 0.6 is 0 Å². The highest BCUT2D eigenvalue weighted by Gasteiger charge is 2.40. The van der Waals surface area contributed by atoms with Gasteiger partial charge in [0.15, 0.2) is 0 Å². The summed E-state index contributed by atoms with van der Waals surface area (Å²) in [5, 5.41) is 3.40. The average Bonchev–Trinajstić information content (AvgIpc) is 3.13. The van der Waals surface area contributed by atoms with Gasteiger partial charge in [-0.2, -0.15) is 0 Å². The molecule has 104 valence electrons. The Kier molecular flexibility index (Phi) is 5.04. The van der Waals surface area contributed by atoms with Crippen molar-refractivity contribution in [2.75, 3.05) is 26.2 Å². The molecule has 0 atom stereocenters. The Morgan fingerprint density at radius 3 is 2.39 bits per heavy atom. The molecule has 1 aliphatic heterocycles. The summed E-state index contributed by atoms with van der Waals surface area (Å²) < 4.78 is 0. The number of hydrogen-bond acceptors (Lipinski definition) is 2. The minimum atomic E-state index is 0.309. The average molecular weight is 252 g/mol. The van der Waals surface area contributed by atoms with Gasteiger partial charge in [-0.3, -0.25) is 4.79 Å². The maximum atomic E-state index is 12.1. The van der Waals surface area contributed by atoms with Crippen LogP contribution in [-0.2, 0) is 4.79 Å². The molecule has 3 nitrogen and oxygen atoms in total. The van der Waals surface area contributed by atoms with E-state index in [1.807, 2.05) is 0 Å². The van der Waals surface area contributed by atoms with Crippen LogP contribution in [-0.4, -0.2) is 37.0 Å². The van der Waals surface area contributed by atoms with Crippen LogP contribution < -0.4 is 5.32 Å². The molecule has 1 aliphatic carbocycles. The second kappa shape index (κ2) is 6.55. The molecule has 2 aliphatic rings. The zero-order chi connectivity index (χ0) is 12.8. The van der Waals surface area contributed by atoms with Crippen LogP contribution in [0.25, 0.3) is 0 Å². The van der Waals surface area contributed by atoms with Crippen LogP contribution in [0.15, 0.2) is 0 Å². The number of amides is 1. The molecule has 0 aromatic rings. The molecule has 1 N–H and O–H groups in total. The van der Waals surface area contributed by atoms with Gasteiger partial charge in [-0.05, 0) is 37.5 Å². The first-order chi connectivity index (χ1) is 8.76. The molecule has 1 heterocycles. The highest BCUT2D eigenvalue weighted by atomic mass is 16.2. The number of carbonyl (C=O) groups is 1. The number of likely N-dealkylation sites (tertiary alicyclic amines) is 1. The molecule has 0 aromatic heterocycles. The number of nitrogens with one attached hydrogen (secondary N) is 1. The molecule has 18 heavy (non-hydrogen) atoms. The smallest absolute Gasteiger partial charge is 0.236 e. The van der Waals surface area contributed by atoms with E-state index in [-0.39, 0.29) is 0 Å². The Bertz CT molecular complexity index is 266. The minimum absolute atomic E-state index is 0.309. The largest absolute Gasteiger partial charge is 0.342 e. The van der Waals surface area contributed by atoms with Crippen molar-refractivity contribution in [2.24, 2.45) is 5.41 Å². The Labute approximate surface area is 111 Å². The molecule has 1 saturated carbocycles. The lowest BCUT2D eigenvalue weighted by Gasteiger charge is -2.21. The number of nitrogens with zero attached hydrogens (tertiary/aromatic N) is 1. The summed E-state index contributed by atoms with van der Waals surface area (Å²) in [7, 11) is 0. The molecule has 0 radical (unpaired) electrons. The lowest BCUT2D eigenvalue weighted by atomic mass is 10.0. The standard InChI is InChI=1S/C15H28N2O/c1-2-7-15(8-9-15)13-16-12-14(18)17-10-5-3-4-6-11-17/h16H,2-13H2,1H3. The summed E-state index contributed by atoms with van der Waals surface area (Å²) in [5.74, 6) is 0.309. The van der Waals surface area contributed by atoms with Gasteiger partial charge in [0.1, 0.15) is 0 Å². The van der Waals surface area contributed by atoms with E-state index < -0.39 is 0 Å². The van der Waals surface area contributed by atoms with E-state index in [2.05, 4.69) is 17.1 Å². The van der Waals surface area contributed by atoms with Gasteiger partial charge in [-0.25, -0.2) is 0 Å². The highest BCUT2D eigenvalue weighted by Crippen LogP contribution is 2.48. The van der Waals surface area contributed by atoms with Crippen molar-refractivity contribution in [3.05, 3.63) is 0 Å². The van der Waals surface area contributed by atoms with Gasteiger partial charge in [0.25, 0.3) is 0 Å². The van der Waals surface area contributed by atoms with E-state index in [1.165, 1.54) is 51.4 Å². The summed E-state index contributed by atoms with van der Waals surface area (Å²) >= 11 is 0. The first kappa shape index (κ1) is 13.9. The fraction of sp³-hybridized carbons (Fsp3) is 0.933. The van der Waals surface area contributed by atoms with E-state index in [1.54, 1.807) is 0 Å². The SMILES string of the molecule is CCCC1(CNCC(=O)N2CCCCCC2)CC1. The van der Waals surface area contributed by atoms with E-state index in [0.717, 1.165) is 19.6 Å². The van der Waals surface area contributed by atoms with Gasteiger partial charge in [0, 0.05) is 19.6 Å². The first-order valence-electron chi connectivity index (χ1n) is 7.74. The first-order valence-corrected chi connectivity index (χ1v) is 7.74. The monoisotopic (exact) mass is 252 g/mol. The van der Waals surface area contributed by atoms with Crippen molar-refractivity contribution in [3.8, 4) is 0 Å². The third kappa shape index (κ3) is 3.98. The highest BCUT2D eigenvalue weighted by molar-refractivity contribution is 5.78. The summed E-state index contributed by atoms with van der Waals surface area (Å²) in [5.41, 5.74) is 0.549. The molecule has 2 rings (SSSR count). The van der Waals surface area contributed by atoms with Crippen molar-refractivity contribution in [2.45, 2.75) is 58.3 Å². The normalized spacial score (nSPS) is 22.6. The molecule has 1 amide bonds. The topological polar surface area (TPSA) is 32.3 Å². The zero-order valence-electron chi connectivity index (χ0n) is 11.8. The molecule has 3 heteroatoms. The summed E-state index contributed by atoms with van der Waals surface area (Å²) in [4.78, 5) is 14.1. The fourth-order valence-corrected chi connectivity index (χ4v) is 3.09. The van der Waals surface area contributed by atoms with Crippen LogP contribution in [0, 0.1) is 5.41 Å². The second-order valence-electron chi connectivity index (χ2n) is 6.15. The van der Waals surface area contributed by atoms with E-state index >= 15 is 0 Å². The minimum Gasteiger partial charge on any atom is -0.342 e. The van der Waals surface area contributed by atoms with Gasteiger partial charge in [0.05, 0.1) is 6.54 Å². The van der Waals surface area contributed by atoms with Crippen LogP contribution in [0.4, 0.5) is 0 Å². The maximum Gasteiger partial charge on any atom is 0.236 e. The van der Waals surface area contributed by atoms with Crippen LogP contribution in [0.3, 0.4) is 0 Å². The molecule has 0 unspecified atom stereocenters. The number of carbonyl (C=O) groups excluding carboxylic acids is 1. The Balaban J connectivity index is 1.65. The molecule has 0 aromatic carbocycles. The van der Waals surface area contributed by atoms with Crippen molar-refractivity contribution in [1.29, 1.82) is 0 Å². The molecule has 0 spiro atoms. The lowest BCUT2D eigenvalue weighted by molar-refractivity contribution is -0.130. The molecule has 0 bridgehead atoms. The van der Waals surface area contributed by atoms with Crippen molar-refractivity contribution in [3.63, 3.8) is 0 Å². The Morgan fingerprint density at radius 1 is 1.17 bits per heavy atom. The number of rotatable bonds is 6. The molecule has 1 saturated heterocycles. The van der Waals surface area contributed by atoms with Crippen molar-refractivity contribution >= 4 is 5.91 Å². The zero-order valence-corrected chi connectivity index (χ0v) is 11.8. The lowest BCUT2D eigenvalue weighted by Crippen LogP contribution is -2.40. The molecule has 2 fully saturated rings. The van der Waals surface area contributed by atoms with Gasteiger partial charge in [0.2, 0.25) is 5.91 Å². The van der Waals surface area contributed by atoms with Crippen molar-refractivity contribution < 1.29 is 4.79 Å². The second-order valence-corrected chi connectivity index (χ2v) is 6.15. The van der Waals surface area contributed by atoms with E-state index in [9.17, 15) is 4.79 Å². The molecular weight excluding hydrogens is 224 g/mol. The van der Waals surface area contributed by atoms with Crippen molar-refractivity contribution in [1.82, 2.24) is 10.2 Å². The van der Waals surface area contributed by atoms with Crippen LogP contribution in [0.5, 0.6) is 0 Å². The quantitative estimate of drug-likeness (QED) is 0.788. The Hall–Kier alpha value is -0.570. The van der Waals surface area contributed by atoms with Crippen LogP contribution in [0.1, 0.15) is 58.3 Å². The predicted octanol–water partition coefficient (Wildman–Crippen LogP) is 2.56. The van der Waals surface area contributed by atoms with Gasteiger partial charge in [-0.1, -0.05) is 26.2 Å². The third-order valence-corrected chi connectivity index (χ3v) is 4.47. The Morgan fingerprint density at radius 2 is 1.83 bits per heavy atom. The van der Waals surface area contributed by atoms with E-state index in [0.29, 0.717) is 17.9 Å². The maximum absolute atomic E-state index is 12.1. The van der Waals surface area contributed by atoms with Crippen LogP contribution in [0.2, 0.25) is 0 Å². The number of hydrogen-bond donors (Lipinski definition) is 1. The summed E-state index contributed by atoms with van der Waals surface area (Å²) in [6.45, 7) is 5.79. The summed E-state index contributed by atoms with van der Waals surface area (Å²) in [6, 6.07) is 0. The predicted molar refractivity (Wildman–Crippen MR) is 74.5 cm³/mol. The fourth-order valence-electron chi connectivity index (χ4n) is 3.09. The molecular formula is C15H28N2O. The van der Waals surface area contributed by atoms with Gasteiger partial charge < -0.3 is 10.2 Å².